The third-order valence-electron chi connectivity index (χ3n) is 2.06. The molecule has 0 atom stereocenters. The second-order valence-corrected chi connectivity index (χ2v) is 3.13. The van der Waals surface area contributed by atoms with Crippen molar-refractivity contribution in [2.45, 2.75) is 0 Å². The number of carbonyl (C=O) groups excluding carboxylic acids is 1. The number of aromatic amines is 1. The summed E-state index contributed by atoms with van der Waals surface area (Å²) in [6.07, 6.45) is 2.88. The average Bonchev–Trinajstić information content (AvgIpc) is 2.65. The molecular formula is C11H9NO4. The fraction of sp³-hybridized carbons (Fsp3) is 0.0909. The van der Waals surface area contributed by atoms with E-state index >= 15 is 0 Å². The van der Waals surface area contributed by atoms with Crippen LogP contribution in [-0.2, 0) is 9.53 Å². The van der Waals surface area contributed by atoms with Gasteiger partial charge in [-0.15, -0.1) is 0 Å². The van der Waals surface area contributed by atoms with Crippen LogP contribution in [-0.4, -0.2) is 18.1 Å². The maximum atomic E-state index is 10.9. The summed E-state index contributed by atoms with van der Waals surface area (Å²) in [5.74, 6) is -0.931. The molecule has 5 nitrogen and oxygen atoms in total. The molecule has 82 valence electrons. The van der Waals surface area contributed by atoms with Crippen molar-refractivity contribution < 1.29 is 13.9 Å². The van der Waals surface area contributed by atoms with E-state index in [1.807, 2.05) is 0 Å². The Kier molecular flexibility index (Phi) is 2.59. The minimum atomic E-state index is -0.496. The summed E-state index contributed by atoms with van der Waals surface area (Å²) < 4.78 is 9.34. The third-order valence-corrected chi connectivity index (χ3v) is 2.06. The summed E-state index contributed by atoms with van der Waals surface area (Å²) in [5, 5.41) is 0. The zero-order valence-electron chi connectivity index (χ0n) is 8.52. The number of fused-ring (bicyclic) bond motifs is 1. The summed E-state index contributed by atoms with van der Waals surface area (Å²) in [5.41, 5.74) is 1.83. The van der Waals surface area contributed by atoms with E-state index in [1.54, 1.807) is 24.3 Å². The summed E-state index contributed by atoms with van der Waals surface area (Å²) in [7, 11) is 1.31. The Bertz CT molecular complexity index is 606. The molecule has 2 rings (SSSR count). The van der Waals surface area contributed by atoms with E-state index in [4.69, 9.17) is 4.42 Å². The van der Waals surface area contributed by atoms with Gasteiger partial charge in [0.1, 0.15) is 0 Å². The third kappa shape index (κ3) is 2.03. The molecule has 0 saturated carbocycles. The van der Waals surface area contributed by atoms with E-state index in [-0.39, 0.29) is 0 Å². The SMILES string of the molecule is COC(=O)C=Cc1ccc2[nH]c(=O)oc2c1. The minimum Gasteiger partial charge on any atom is -0.466 e. The molecule has 0 radical (unpaired) electrons. The molecule has 0 fully saturated rings. The van der Waals surface area contributed by atoms with Gasteiger partial charge in [-0.3, -0.25) is 4.98 Å². The molecule has 0 amide bonds. The van der Waals surface area contributed by atoms with Gasteiger partial charge in [-0.05, 0) is 23.8 Å². The van der Waals surface area contributed by atoms with E-state index in [0.717, 1.165) is 5.56 Å². The number of ether oxygens (including phenoxy) is 1. The molecule has 0 spiro atoms. The second kappa shape index (κ2) is 4.06. The molecule has 1 heterocycles. The number of nitrogens with one attached hydrogen (secondary N) is 1. The topological polar surface area (TPSA) is 72.3 Å². The number of hydrogen-bond donors (Lipinski definition) is 1. The van der Waals surface area contributed by atoms with Crippen molar-refractivity contribution >= 4 is 23.1 Å². The minimum absolute atomic E-state index is 0.435. The number of oxazole rings is 1. The van der Waals surface area contributed by atoms with Crippen LogP contribution in [0.1, 0.15) is 5.56 Å². The van der Waals surface area contributed by atoms with Gasteiger partial charge in [-0.2, -0.15) is 0 Å². The Morgan fingerprint density at radius 3 is 3.06 bits per heavy atom. The number of esters is 1. The number of hydrogen-bond acceptors (Lipinski definition) is 4. The first-order valence-corrected chi connectivity index (χ1v) is 4.58. The molecule has 1 aromatic heterocycles. The van der Waals surface area contributed by atoms with Crippen LogP contribution >= 0.6 is 0 Å². The second-order valence-electron chi connectivity index (χ2n) is 3.13. The lowest BCUT2D eigenvalue weighted by molar-refractivity contribution is -0.134. The summed E-state index contributed by atoms with van der Waals surface area (Å²) in [6.45, 7) is 0. The van der Waals surface area contributed by atoms with E-state index in [0.29, 0.717) is 11.1 Å². The fourth-order valence-corrected chi connectivity index (χ4v) is 1.30. The number of rotatable bonds is 2. The van der Waals surface area contributed by atoms with Gasteiger partial charge in [0.2, 0.25) is 0 Å². The maximum Gasteiger partial charge on any atom is 0.417 e. The Labute approximate surface area is 90.3 Å². The van der Waals surface area contributed by atoms with Crippen LogP contribution in [0.2, 0.25) is 0 Å². The molecule has 5 heteroatoms. The van der Waals surface area contributed by atoms with Crippen molar-refractivity contribution in [3.63, 3.8) is 0 Å². The van der Waals surface area contributed by atoms with Gasteiger partial charge in [0, 0.05) is 6.08 Å². The van der Waals surface area contributed by atoms with Crippen molar-refractivity contribution in [2.75, 3.05) is 7.11 Å². The van der Waals surface area contributed by atoms with Crippen molar-refractivity contribution in [3.8, 4) is 0 Å². The molecule has 0 bridgehead atoms. The highest BCUT2D eigenvalue weighted by molar-refractivity contribution is 5.87. The molecule has 0 aliphatic carbocycles. The van der Waals surface area contributed by atoms with Gasteiger partial charge in [-0.25, -0.2) is 9.59 Å². The molecular weight excluding hydrogens is 210 g/mol. The van der Waals surface area contributed by atoms with Gasteiger partial charge in [-0.1, -0.05) is 6.07 Å². The zero-order valence-corrected chi connectivity index (χ0v) is 8.52. The van der Waals surface area contributed by atoms with Crippen molar-refractivity contribution in [2.24, 2.45) is 0 Å². The lowest BCUT2D eigenvalue weighted by Crippen LogP contribution is -1.93. The molecule has 0 aliphatic rings. The number of aromatic nitrogens is 1. The predicted molar refractivity (Wildman–Crippen MR) is 57.9 cm³/mol. The first kappa shape index (κ1) is 10.2. The van der Waals surface area contributed by atoms with Crippen LogP contribution in [0.5, 0.6) is 0 Å². The first-order valence-electron chi connectivity index (χ1n) is 4.58. The number of methoxy groups -OCH3 is 1. The van der Waals surface area contributed by atoms with Gasteiger partial charge < -0.3 is 9.15 Å². The Morgan fingerprint density at radius 2 is 2.31 bits per heavy atom. The predicted octanol–water partition coefficient (Wildman–Crippen LogP) is 1.31. The smallest absolute Gasteiger partial charge is 0.417 e. The van der Waals surface area contributed by atoms with Crippen molar-refractivity contribution in [1.82, 2.24) is 4.98 Å². The number of H-pyrrole nitrogens is 1. The summed E-state index contributed by atoms with van der Waals surface area (Å²) in [6, 6.07) is 5.12. The maximum absolute atomic E-state index is 10.9. The highest BCUT2D eigenvalue weighted by atomic mass is 16.5. The molecule has 0 saturated heterocycles. The molecule has 16 heavy (non-hydrogen) atoms. The molecule has 2 aromatic rings. The molecule has 0 aliphatic heterocycles. The van der Waals surface area contributed by atoms with Gasteiger partial charge in [0.15, 0.2) is 5.58 Å². The monoisotopic (exact) mass is 219 g/mol. The van der Waals surface area contributed by atoms with Crippen LogP contribution in [0.25, 0.3) is 17.2 Å². The van der Waals surface area contributed by atoms with E-state index in [2.05, 4.69) is 9.72 Å². The highest BCUT2D eigenvalue weighted by Crippen LogP contribution is 2.13. The normalized spacial score (nSPS) is 11.1. The van der Waals surface area contributed by atoms with Gasteiger partial charge in [0.25, 0.3) is 0 Å². The number of carbonyl (C=O) groups is 1. The van der Waals surface area contributed by atoms with Gasteiger partial charge in [0.05, 0.1) is 12.6 Å². The Balaban J connectivity index is 2.35. The van der Waals surface area contributed by atoms with E-state index in [9.17, 15) is 9.59 Å². The average molecular weight is 219 g/mol. The van der Waals surface area contributed by atoms with Crippen LogP contribution in [0.15, 0.2) is 33.5 Å². The lowest BCUT2D eigenvalue weighted by Gasteiger charge is -1.92. The van der Waals surface area contributed by atoms with Crippen LogP contribution < -0.4 is 5.76 Å². The quantitative estimate of drug-likeness (QED) is 0.610. The first-order chi connectivity index (χ1) is 7.69. The fourth-order valence-electron chi connectivity index (χ4n) is 1.30. The highest BCUT2D eigenvalue weighted by Gasteiger charge is 2.00. The van der Waals surface area contributed by atoms with Gasteiger partial charge >= 0.3 is 11.7 Å². The molecule has 1 N–H and O–H groups in total. The van der Waals surface area contributed by atoms with Crippen LogP contribution in [0.4, 0.5) is 0 Å². The molecule has 1 aromatic carbocycles. The van der Waals surface area contributed by atoms with Crippen LogP contribution in [0.3, 0.4) is 0 Å². The largest absolute Gasteiger partial charge is 0.466 e. The molecule has 0 unspecified atom stereocenters. The Hall–Kier alpha value is -2.30. The van der Waals surface area contributed by atoms with E-state index in [1.165, 1.54) is 13.2 Å². The zero-order chi connectivity index (χ0) is 11.5. The lowest BCUT2D eigenvalue weighted by atomic mass is 10.2. The summed E-state index contributed by atoms with van der Waals surface area (Å²) in [4.78, 5) is 24.3. The van der Waals surface area contributed by atoms with E-state index < -0.39 is 11.7 Å². The standard InChI is InChI=1S/C11H9NO4/c1-15-10(13)5-3-7-2-4-8-9(6-7)16-11(14)12-8/h2-6H,1H3,(H,12,14). The number of benzene rings is 1. The van der Waals surface area contributed by atoms with Crippen LogP contribution in [0, 0.1) is 0 Å². The summed E-state index contributed by atoms with van der Waals surface area (Å²) >= 11 is 0. The van der Waals surface area contributed by atoms with Crippen molar-refractivity contribution in [1.29, 1.82) is 0 Å². The van der Waals surface area contributed by atoms with Crippen molar-refractivity contribution in [3.05, 3.63) is 40.4 Å². The Morgan fingerprint density at radius 1 is 1.50 bits per heavy atom.